The van der Waals surface area contributed by atoms with Crippen LogP contribution < -0.4 is 5.32 Å². The lowest BCUT2D eigenvalue weighted by Gasteiger charge is -2.11. The average Bonchev–Trinajstić information content (AvgIpc) is 2.70. The highest BCUT2D eigenvalue weighted by atomic mass is 19.1. The van der Waals surface area contributed by atoms with Crippen molar-refractivity contribution in [2.75, 3.05) is 13.1 Å². The number of benzene rings is 1. The largest absolute Gasteiger partial charge is 0.316 e. The average molecular weight is 177 g/mol. The van der Waals surface area contributed by atoms with Crippen molar-refractivity contribution in [3.63, 3.8) is 0 Å². The van der Waals surface area contributed by atoms with Crippen LogP contribution in [-0.2, 0) is 5.41 Å². The van der Waals surface area contributed by atoms with Crippen molar-refractivity contribution < 1.29 is 4.39 Å². The highest BCUT2D eigenvalue weighted by molar-refractivity contribution is 5.36. The van der Waals surface area contributed by atoms with Gasteiger partial charge in [0.15, 0.2) is 0 Å². The minimum atomic E-state index is -0.107. The van der Waals surface area contributed by atoms with E-state index in [2.05, 4.69) is 11.4 Å². The molecule has 2 atom stereocenters. The maximum atomic E-state index is 13.0. The first-order valence-corrected chi connectivity index (χ1v) is 4.78. The fourth-order valence-corrected chi connectivity index (χ4v) is 2.59. The van der Waals surface area contributed by atoms with Crippen molar-refractivity contribution in [2.45, 2.75) is 11.8 Å². The Balaban J connectivity index is 2.01. The van der Waals surface area contributed by atoms with Crippen molar-refractivity contribution >= 4 is 0 Å². The molecule has 1 saturated carbocycles. The molecule has 1 heterocycles. The summed E-state index contributed by atoms with van der Waals surface area (Å²) in [5, 5.41) is 3.36. The van der Waals surface area contributed by atoms with E-state index in [-0.39, 0.29) is 5.82 Å². The standard InChI is InChI=1S/C11H12FN/c12-10-3-1-2-8(4-10)11-5-9(11)6-13-7-11/h1-4,9,13H,5-7H2/t9-,11?/m1/s1. The molecule has 13 heavy (non-hydrogen) atoms. The van der Waals surface area contributed by atoms with Crippen molar-refractivity contribution in [3.05, 3.63) is 35.6 Å². The smallest absolute Gasteiger partial charge is 0.123 e. The quantitative estimate of drug-likeness (QED) is 0.688. The van der Waals surface area contributed by atoms with Crippen LogP contribution in [0.25, 0.3) is 0 Å². The molecule has 0 radical (unpaired) electrons. The van der Waals surface area contributed by atoms with Crippen LogP contribution in [0.15, 0.2) is 24.3 Å². The molecular weight excluding hydrogens is 165 g/mol. The van der Waals surface area contributed by atoms with Gasteiger partial charge in [-0.15, -0.1) is 0 Å². The van der Waals surface area contributed by atoms with Crippen LogP contribution in [0.4, 0.5) is 4.39 Å². The molecule has 1 aromatic rings. The van der Waals surface area contributed by atoms with Crippen molar-refractivity contribution in [3.8, 4) is 0 Å². The minimum absolute atomic E-state index is 0.107. The van der Waals surface area contributed by atoms with Gasteiger partial charge in [0.2, 0.25) is 0 Å². The molecule has 0 spiro atoms. The van der Waals surface area contributed by atoms with E-state index in [0.29, 0.717) is 5.41 Å². The second-order valence-corrected chi connectivity index (χ2v) is 4.20. The van der Waals surface area contributed by atoms with Crippen molar-refractivity contribution in [2.24, 2.45) is 5.92 Å². The molecule has 1 N–H and O–H groups in total. The molecule has 0 bridgehead atoms. The fraction of sp³-hybridized carbons (Fsp3) is 0.455. The first kappa shape index (κ1) is 7.51. The summed E-state index contributed by atoms with van der Waals surface area (Å²) >= 11 is 0. The Morgan fingerprint density at radius 3 is 3.00 bits per heavy atom. The molecule has 1 unspecified atom stereocenters. The third-order valence-corrected chi connectivity index (χ3v) is 3.46. The SMILES string of the molecule is Fc1cccc(C23CNC[C@H]2C3)c1. The Bertz CT molecular complexity index is 350. The predicted octanol–water partition coefficient (Wildman–Crippen LogP) is 1.69. The zero-order valence-corrected chi connectivity index (χ0v) is 7.39. The summed E-state index contributed by atoms with van der Waals surface area (Å²) in [6.45, 7) is 2.14. The Kier molecular flexibility index (Phi) is 1.34. The number of nitrogens with one attached hydrogen (secondary N) is 1. The molecular formula is C11H12FN. The van der Waals surface area contributed by atoms with E-state index in [1.807, 2.05) is 6.07 Å². The van der Waals surface area contributed by atoms with E-state index < -0.39 is 0 Å². The molecule has 1 saturated heterocycles. The summed E-state index contributed by atoms with van der Waals surface area (Å²) in [4.78, 5) is 0. The summed E-state index contributed by atoms with van der Waals surface area (Å²) in [7, 11) is 0. The van der Waals surface area contributed by atoms with E-state index in [1.54, 1.807) is 6.07 Å². The van der Waals surface area contributed by atoms with Gasteiger partial charge in [0.1, 0.15) is 5.82 Å². The number of halogens is 1. The van der Waals surface area contributed by atoms with E-state index in [9.17, 15) is 4.39 Å². The van der Waals surface area contributed by atoms with Gasteiger partial charge in [-0.2, -0.15) is 0 Å². The van der Waals surface area contributed by atoms with Crippen LogP contribution in [0, 0.1) is 11.7 Å². The summed E-state index contributed by atoms with van der Waals surface area (Å²) in [6.07, 6.45) is 1.24. The molecule has 1 nitrogen and oxygen atoms in total. The predicted molar refractivity (Wildman–Crippen MR) is 49.1 cm³/mol. The minimum Gasteiger partial charge on any atom is -0.316 e. The van der Waals surface area contributed by atoms with Gasteiger partial charge >= 0.3 is 0 Å². The molecule has 2 aliphatic rings. The van der Waals surface area contributed by atoms with Crippen LogP contribution in [0.5, 0.6) is 0 Å². The monoisotopic (exact) mass is 177 g/mol. The third kappa shape index (κ3) is 0.953. The molecule has 2 fully saturated rings. The summed E-state index contributed by atoms with van der Waals surface area (Å²) in [5.74, 6) is 0.652. The normalized spacial score (nSPS) is 35.9. The van der Waals surface area contributed by atoms with Gasteiger partial charge in [-0.1, -0.05) is 12.1 Å². The van der Waals surface area contributed by atoms with Gasteiger partial charge in [0.05, 0.1) is 0 Å². The highest BCUT2D eigenvalue weighted by Crippen LogP contribution is 2.56. The molecule has 1 aliphatic heterocycles. The van der Waals surface area contributed by atoms with Crippen LogP contribution in [0.1, 0.15) is 12.0 Å². The van der Waals surface area contributed by atoms with Gasteiger partial charge in [-0.3, -0.25) is 0 Å². The first-order chi connectivity index (χ1) is 6.31. The number of piperidine rings is 1. The van der Waals surface area contributed by atoms with Crippen molar-refractivity contribution in [1.82, 2.24) is 5.32 Å². The molecule has 1 aliphatic carbocycles. The number of hydrogen-bond acceptors (Lipinski definition) is 1. The molecule has 2 heteroatoms. The molecule has 68 valence electrons. The fourth-order valence-electron chi connectivity index (χ4n) is 2.59. The van der Waals surface area contributed by atoms with E-state index >= 15 is 0 Å². The van der Waals surface area contributed by atoms with Crippen LogP contribution in [0.2, 0.25) is 0 Å². The number of fused-ring (bicyclic) bond motifs is 1. The topological polar surface area (TPSA) is 12.0 Å². The van der Waals surface area contributed by atoms with Gasteiger partial charge < -0.3 is 5.32 Å². The maximum absolute atomic E-state index is 13.0. The van der Waals surface area contributed by atoms with Crippen LogP contribution in [0.3, 0.4) is 0 Å². The molecule has 0 amide bonds. The number of hydrogen-bond donors (Lipinski definition) is 1. The second kappa shape index (κ2) is 2.32. The molecule has 0 aromatic heterocycles. The third-order valence-electron chi connectivity index (χ3n) is 3.46. The van der Waals surface area contributed by atoms with Crippen LogP contribution in [-0.4, -0.2) is 13.1 Å². The lowest BCUT2D eigenvalue weighted by atomic mass is 9.95. The van der Waals surface area contributed by atoms with Crippen LogP contribution >= 0.6 is 0 Å². The van der Waals surface area contributed by atoms with Gasteiger partial charge in [0, 0.05) is 12.0 Å². The van der Waals surface area contributed by atoms with E-state index in [4.69, 9.17) is 0 Å². The van der Waals surface area contributed by atoms with Gasteiger partial charge in [-0.25, -0.2) is 4.39 Å². The second-order valence-electron chi connectivity index (χ2n) is 4.20. The Morgan fingerprint density at radius 2 is 2.38 bits per heavy atom. The lowest BCUT2D eigenvalue weighted by Crippen LogP contribution is -2.19. The number of rotatable bonds is 1. The summed E-state index contributed by atoms with van der Waals surface area (Å²) in [6, 6.07) is 7.07. The highest BCUT2D eigenvalue weighted by Gasteiger charge is 2.57. The van der Waals surface area contributed by atoms with Crippen molar-refractivity contribution in [1.29, 1.82) is 0 Å². The zero-order chi connectivity index (χ0) is 8.89. The summed E-state index contributed by atoms with van der Waals surface area (Å²) in [5.41, 5.74) is 1.48. The Morgan fingerprint density at radius 1 is 1.46 bits per heavy atom. The van der Waals surface area contributed by atoms with E-state index in [1.165, 1.54) is 18.1 Å². The molecule has 3 rings (SSSR count). The Labute approximate surface area is 77.0 Å². The Hall–Kier alpha value is -0.890. The first-order valence-electron chi connectivity index (χ1n) is 4.78. The zero-order valence-electron chi connectivity index (χ0n) is 7.39. The lowest BCUT2D eigenvalue weighted by molar-refractivity contribution is 0.614. The van der Waals surface area contributed by atoms with Gasteiger partial charge in [-0.05, 0) is 36.6 Å². The maximum Gasteiger partial charge on any atom is 0.123 e. The van der Waals surface area contributed by atoms with E-state index in [0.717, 1.165) is 19.0 Å². The summed E-state index contributed by atoms with van der Waals surface area (Å²) < 4.78 is 13.0. The molecule has 1 aromatic carbocycles. The van der Waals surface area contributed by atoms with Gasteiger partial charge in [0.25, 0.3) is 0 Å².